The summed E-state index contributed by atoms with van der Waals surface area (Å²) < 4.78 is 13.1. The van der Waals surface area contributed by atoms with E-state index in [4.69, 9.17) is 42.8 Å². The number of nitrogens with zero attached hydrogens (tertiary/aromatic N) is 1. The number of carbonyl (C=O) groups excluding carboxylic acids is 1. The molecule has 0 bridgehead atoms. The average molecular weight is 632 g/mol. The monoisotopic (exact) mass is 630 g/mol. The van der Waals surface area contributed by atoms with Crippen molar-refractivity contribution in [1.82, 2.24) is 5.32 Å². The molecule has 1 aliphatic carbocycles. The Morgan fingerprint density at radius 1 is 1.13 bits per heavy atom. The molecule has 0 spiro atoms. The quantitative estimate of drug-likeness (QED) is 0.236. The lowest BCUT2D eigenvalue weighted by Crippen LogP contribution is -2.50. The van der Waals surface area contributed by atoms with Gasteiger partial charge in [-0.2, -0.15) is 0 Å². The second-order valence-electron chi connectivity index (χ2n) is 9.88. The molecule has 0 unspecified atom stereocenters. The van der Waals surface area contributed by atoms with Gasteiger partial charge >= 0.3 is 0 Å². The molecule has 1 fully saturated rings. The molecule has 5 rings (SSSR count). The molecule has 9 heteroatoms. The number of aliphatic hydroxyl groups is 1. The molecule has 2 aliphatic rings. The van der Waals surface area contributed by atoms with E-state index in [2.05, 4.69) is 21.2 Å². The average Bonchev–Trinajstić information content (AvgIpc) is 3.69. The third-order valence-corrected chi connectivity index (χ3v) is 8.28. The number of carbonyl (C=O) groups is 1. The van der Waals surface area contributed by atoms with Crippen molar-refractivity contribution in [3.63, 3.8) is 0 Å². The molecule has 1 amide bonds. The van der Waals surface area contributed by atoms with Gasteiger partial charge in [-0.05, 0) is 66.8 Å². The summed E-state index contributed by atoms with van der Waals surface area (Å²) >= 11 is 16.6. The van der Waals surface area contributed by atoms with Gasteiger partial charge in [-0.1, -0.05) is 63.4 Å². The molecule has 1 aliphatic heterocycles. The zero-order valence-corrected chi connectivity index (χ0v) is 24.3. The van der Waals surface area contributed by atoms with Gasteiger partial charge in [0.05, 0.1) is 6.61 Å². The molecule has 0 saturated heterocycles. The summed E-state index contributed by atoms with van der Waals surface area (Å²) in [6.45, 7) is 1.09. The summed E-state index contributed by atoms with van der Waals surface area (Å²) in [5.74, 6) is 1.31. The summed E-state index contributed by atoms with van der Waals surface area (Å²) in [6.07, 6.45) is 2.28. The number of ether oxygens (including phenoxy) is 2. The maximum atomic E-state index is 14.1. The number of rotatable bonds is 11. The van der Waals surface area contributed by atoms with Crippen molar-refractivity contribution in [3.05, 3.63) is 97.9 Å². The molecule has 39 heavy (non-hydrogen) atoms. The van der Waals surface area contributed by atoms with Crippen molar-refractivity contribution in [2.45, 2.75) is 37.3 Å². The number of aliphatic imine (C=N–C) groups is 1. The number of aliphatic hydroxyl groups excluding tert-OH is 1. The summed E-state index contributed by atoms with van der Waals surface area (Å²) in [6, 6.07) is 20.4. The van der Waals surface area contributed by atoms with E-state index in [1.165, 1.54) is 0 Å². The molecule has 2 N–H and O–H groups in total. The van der Waals surface area contributed by atoms with Gasteiger partial charge in [-0.15, -0.1) is 0 Å². The molecular formula is C30H29BrCl2N2O4. The minimum atomic E-state index is -1.32. The lowest BCUT2D eigenvalue weighted by molar-refractivity contribution is -0.129. The number of hydrogen-bond acceptors (Lipinski definition) is 5. The van der Waals surface area contributed by atoms with E-state index in [9.17, 15) is 4.79 Å². The van der Waals surface area contributed by atoms with Crippen LogP contribution in [0.4, 0.5) is 0 Å². The topological polar surface area (TPSA) is 80.2 Å². The van der Waals surface area contributed by atoms with Crippen molar-refractivity contribution in [1.29, 1.82) is 0 Å². The van der Waals surface area contributed by atoms with Crippen LogP contribution in [0.5, 0.6) is 5.75 Å². The Labute approximate surface area is 246 Å². The molecule has 1 heterocycles. The third kappa shape index (κ3) is 6.43. The van der Waals surface area contributed by atoms with Crippen LogP contribution in [0.1, 0.15) is 42.1 Å². The lowest BCUT2D eigenvalue weighted by atomic mass is 9.82. The first kappa shape index (κ1) is 28.0. The van der Waals surface area contributed by atoms with Gasteiger partial charge < -0.3 is 19.9 Å². The van der Waals surface area contributed by atoms with Gasteiger partial charge in [-0.3, -0.25) is 4.79 Å². The van der Waals surface area contributed by atoms with Gasteiger partial charge in [0.25, 0.3) is 5.91 Å². The first-order valence-corrected chi connectivity index (χ1v) is 14.5. The van der Waals surface area contributed by atoms with Crippen LogP contribution in [-0.2, 0) is 16.0 Å². The van der Waals surface area contributed by atoms with Gasteiger partial charge in [0, 0.05) is 51.6 Å². The summed E-state index contributed by atoms with van der Waals surface area (Å²) in [5, 5.41) is 13.1. The largest absolute Gasteiger partial charge is 0.494 e. The highest BCUT2D eigenvalue weighted by molar-refractivity contribution is 9.10. The first-order chi connectivity index (χ1) is 18.9. The van der Waals surface area contributed by atoms with E-state index in [1.54, 1.807) is 18.2 Å². The predicted octanol–water partition coefficient (Wildman–Crippen LogP) is 6.54. The standard InChI is InChI=1S/C30H29BrCl2N2O4/c31-25-5-2-1-4-21(25)17-30(29(37)34-18-19-6-7-19)27(24-13-10-22(32)16-26(24)33)39-28(35-30)20-8-11-23(12-9-20)38-15-3-14-36/h1-2,4-5,8-13,16,19,27,36H,3,6-7,14-15,17-18H2,(H,34,37)/t27-,30-/m1/s1. The summed E-state index contributed by atoms with van der Waals surface area (Å²) in [4.78, 5) is 19.2. The van der Waals surface area contributed by atoms with Gasteiger partial charge in [0.1, 0.15) is 5.75 Å². The fourth-order valence-corrected chi connectivity index (χ4v) is 5.55. The molecular weight excluding hydrogens is 603 g/mol. The molecule has 6 nitrogen and oxygen atoms in total. The van der Waals surface area contributed by atoms with Gasteiger partial charge in [0.2, 0.25) is 5.90 Å². The highest BCUT2D eigenvalue weighted by Gasteiger charge is 2.54. The van der Waals surface area contributed by atoms with Crippen LogP contribution < -0.4 is 10.1 Å². The molecule has 3 aromatic carbocycles. The fourth-order valence-electron chi connectivity index (χ4n) is 4.62. The smallest absolute Gasteiger partial charge is 0.252 e. The van der Waals surface area contributed by atoms with Crippen molar-refractivity contribution >= 4 is 50.9 Å². The Kier molecular flexibility index (Phi) is 8.82. The highest BCUT2D eigenvalue weighted by atomic mass is 79.9. The Morgan fingerprint density at radius 3 is 2.59 bits per heavy atom. The summed E-state index contributed by atoms with van der Waals surface area (Å²) in [7, 11) is 0. The van der Waals surface area contributed by atoms with E-state index in [0.29, 0.717) is 64.7 Å². The fraction of sp³-hybridized carbons (Fsp3) is 0.333. The second-order valence-corrected chi connectivity index (χ2v) is 11.6. The van der Waals surface area contributed by atoms with Crippen LogP contribution >= 0.6 is 39.1 Å². The van der Waals surface area contributed by atoms with Crippen LogP contribution in [0.3, 0.4) is 0 Å². The van der Waals surface area contributed by atoms with Crippen molar-refractivity contribution in [2.24, 2.45) is 10.9 Å². The maximum Gasteiger partial charge on any atom is 0.252 e. The summed E-state index contributed by atoms with van der Waals surface area (Å²) in [5.41, 5.74) is 0.957. The molecule has 2 atom stereocenters. The van der Waals surface area contributed by atoms with Crippen LogP contribution in [0.2, 0.25) is 10.0 Å². The number of benzene rings is 3. The van der Waals surface area contributed by atoms with Crippen molar-refractivity contribution in [2.75, 3.05) is 19.8 Å². The SMILES string of the molecule is O=C(NCC1CC1)[C@]1(Cc2ccccc2Br)N=C(c2ccc(OCCCO)cc2)O[C@@H]1c1ccc(Cl)cc1Cl. The van der Waals surface area contributed by atoms with E-state index in [0.717, 1.165) is 22.9 Å². The van der Waals surface area contributed by atoms with Crippen LogP contribution in [0, 0.1) is 5.92 Å². The van der Waals surface area contributed by atoms with Gasteiger partial charge in [0.15, 0.2) is 11.6 Å². The van der Waals surface area contributed by atoms with Crippen molar-refractivity contribution in [3.8, 4) is 5.75 Å². The Hall–Kier alpha value is -2.58. The predicted molar refractivity (Wildman–Crippen MR) is 157 cm³/mol. The van der Waals surface area contributed by atoms with E-state index in [-0.39, 0.29) is 12.5 Å². The zero-order valence-electron chi connectivity index (χ0n) is 21.2. The number of hydrogen-bond donors (Lipinski definition) is 2. The Bertz CT molecular complexity index is 1360. The normalized spacial score (nSPS) is 20.3. The maximum absolute atomic E-state index is 14.1. The minimum absolute atomic E-state index is 0.0692. The molecule has 0 aromatic heterocycles. The lowest BCUT2D eigenvalue weighted by Gasteiger charge is -2.31. The first-order valence-electron chi connectivity index (χ1n) is 13.0. The number of halogens is 3. The van der Waals surface area contributed by atoms with Crippen LogP contribution in [0.25, 0.3) is 0 Å². The Morgan fingerprint density at radius 2 is 1.90 bits per heavy atom. The zero-order chi connectivity index (χ0) is 27.4. The van der Waals surface area contributed by atoms with E-state index < -0.39 is 11.6 Å². The number of amides is 1. The van der Waals surface area contributed by atoms with E-state index >= 15 is 0 Å². The molecule has 204 valence electrons. The Balaban J connectivity index is 1.57. The molecule has 1 saturated carbocycles. The molecule has 0 radical (unpaired) electrons. The van der Waals surface area contributed by atoms with Crippen molar-refractivity contribution < 1.29 is 19.4 Å². The second kappa shape index (κ2) is 12.3. The number of nitrogens with one attached hydrogen (secondary N) is 1. The van der Waals surface area contributed by atoms with Crippen LogP contribution in [-0.4, -0.2) is 42.2 Å². The highest BCUT2D eigenvalue weighted by Crippen LogP contribution is 2.46. The van der Waals surface area contributed by atoms with E-state index in [1.807, 2.05) is 48.5 Å². The van der Waals surface area contributed by atoms with Crippen LogP contribution in [0.15, 0.2) is 76.2 Å². The van der Waals surface area contributed by atoms with Gasteiger partial charge in [-0.25, -0.2) is 4.99 Å². The minimum Gasteiger partial charge on any atom is -0.494 e. The molecule has 3 aromatic rings. The third-order valence-electron chi connectivity index (χ3n) is 6.94.